The van der Waals surface area contributed by atoms with Crippen LogP contribution in [0.25, 0.3) is 0 Å². The largest absolute Gasteiger partial charge is 0.384 e. The Bertz CT molecular complexity index is 672. The Hall–Kier alpha value is -1.93. The van der Waals surface area contributed by atoms with E-state index in [4.69, 9.17) is 0 Å². The highest BCUT2D eigenvalue weighted by Gasteiger charge is 2.39. The maximum Gasteiger partial charge on any atom is 0.246 e. The fourth-order valence-corrected chi connectivity index (χ4v) is 3.86. The molecule has 2 amide bonds. The summed E-state index contributed by atoms with van der Waals surface area (Å²) in [7, 11) is -3.94. The van der Waals surface area contributed by atoms with Crippen LogP contribution in [-0.2, 0) is 19.6 Å². The number of carbonyl (C=O) groups is 2. The third-order valence-corrected chi connectivity index (χ3v) is 5.19. The number of rotatable bonds is 4. The molecule has 0 bridgehead atoms. The lowest BCUT2D eigenvalue weighted by Crippen LogP contribution is -2.58. The van der Waals surface area contributed by atoms with Gasteiger partial charge in [-0.15, -0.1) is 0 Å². The van der Waals surface area contributed by atoms with Crippen molar-refractivity contribution >= 4 is 27.5 Å². The average Bonchev–Trinajstić information content (AvgIpc) is 2.43. The number of nitrogens with zero attached hydrogens (tertiary/aromatic N) is 1. The lowest BCUT2D eigenvalue weighted by Gasteiger charge is -2.31. The van der Waals surface area contributed by atoms with Crippen LogP contribution in [0.5, 0.6) is 0 Å². The van der Waals surface area contributed by atoms with Crippen molar-refractivity contribution < 1.29 is 18.0 Å². The van der Waals surface area contributed by atoms with Crippen molar-refractivity contribution in [1.29, 1.82) is 0 Å². The SMILES string of the molecule is CCNc1ccccc1S(=O)(=O)N1CC(=O)NC(=O)C1C. The quantitative estimate of drug-likeness (QED) is 0.772. The number of amides is 2. The van der Waals surface area contributed by atoms with E-state index >= 15 is 0 Å². The summed E-state index contributed by atoms with van der Waals surface area (Å²) in [6.45, 7) is 3.50. The highest BCUT2D eigenvalue weighted by molar-refractivity contribution is 7.89. The maximum absolute atomic E-state index is 12.7. The van der Waals surface area contributed by atoms with Gasteiger partial charge in [0.25, 0.3) is 0 Å². The minimum atomic E-state index is -3.94. The van der Waals surface area contributed by atoms with Crippen LogP contribution in [0.1, 0.15) is 13.8 Å². The summed E-state index contributed by atoms with van der Waals surface area (Å²) in [5.41, 5.74) is 0.450. The van der Waals surface area contributed by atoms with Gasteiger partial charge in [-0.2, -0.15) is 4.31 Å². The van der Waals surface area contributed by atoms with Crippen molar-refractivity contribution in [3.05, 3.63) is 24.3 Å². The van der Waals surface area contributed by atoms with Gasteiger partial charge in [-0.3, -0.25) is 14.9 Å². The highest BCUT2D eigenvalue weighted by Crippen LogP contribution is 2.26. The van der Waals surface area contributed by atoms with E-state index < -0.39 is 27.9 Å². The van der Waals surface area contributed by atoms with Gasteiger partial charge in [-0.1, -0.05) is 12.1 Å². The fraction of sp³-hybridized carbons (Fsp3) is 0.385. The number of para-hydroxylation sites is 1. The molecule has 2 N–H and O–H groups in total. The predicted molar refractivity (Wildman–Crippen MR) is 77.1 cm³/mol. The van der Waals surface area contributed by atoms with Crippen molar-refractivity contribution in [2.24, 2.45) is 0 Å². The number of imide groups is 1. The standard InChI is InChI=1S/C13H17N3O4S/c1-3-14-10-6-4-5-7-11(10)21(19,20)16-8-12(17)15-13(18)9(16)2/h4-7,9,14H,3,8H2,1-2H3,(H,15,17,18). The second kappa shape index (κ2) is 5.82. The summed E-state index contributed by atoms with van der Waals surface area (Å²) in [5.74, 6) is -1.24. The van der Waals surface area contributed by atoms with E-state index in [1.54, 1.807) is 18.2 Å². The number of hydrogen-bond acceptors (Lipinski definition) is 5. The second-order valence-corrected chi connectivity index (χ2v) is 6.52. The van der Waals surface area contributed by atoms with Crippen molar-refractivity contribution in [2.45, 2.75) is 24.8 Å². The van der Waals surface area contributed by atoms with Crippen molar-refractivity contribution in [3.63, 3.8) is 0 Å². The van der Waals surface area contributed by atoms with Crippen LogP contribution in [0, 0.1) is 0 Å². The molecule has 1 unspecified atom stereocenters. The third-order valence-electron chi connectivity index (χ3n) is 3.21. The molecular weight excluding hydrogens is 294 g/mol. The Kier molecular flexibility index (Phi) is 4.29. The summed E-state index contributed by atoms with van der Waals surface area (Å²) in [6, 6.07) is 5.49. The first-order valence-corrected chi connectivity index (χ1v) is 8.00. The summed E-state index contributed by atoms with van der Waals surface area (Å²) < 4.78 is 26.4. The number of nitrogens with one attached hydrogen (secondary N) is 2. The number of carbonyl (C=O) groups excluding carboxylic acids is 2. The van der Waals surface area contributed by atoms with Crippen LogP contribution in [0.15, 0.2) is 29.2 Å². The summed E-state index contributed by atoms with van der Waals surface area (Å²) in [4.78, 5) is 23.2. The summed E-state index contributed by atoms with van der Waals surface area (Å²) >= 11 is 0. The second-order valence-electron chi connectivity index (χ2n) is 4.67. The zero-order valence-electron chi connectivity index (χ0n) is 11.8. The molecule has 2 rings (SSSR count). The van der Waals surface area contributed by atoms with Gasteiger partial charge in [0.2, 0.25) is 21.8 Å². The molecule has 1 aromatic rings. The molecule has 1 aliphatic heterocycles. The van der Waals surface area contributed by atoms with Crippen molar-refractivity contribution in [2.75, 3.05) is 18.4 Å². The predicted octanol–water partition coefficient (Wildman–Crippen LogP) is 0.154. The Morgan fingerprint density at radius 2 is 2.00 bits per heavy atom. The van der Waals surface area contributed by atoms with Crippen molar-refractivity contribution in [1.82, 2.24) is 9.62 Å². The summed E-state index contributed by atoms with van der Waals surface area (Å²) in [6.07, 6.45) is 0. The van der Waals surface area contributed by atoms with E-state index in [9.17, 15) is 18.0 Å². The molecule has 114 valence electrons. The molecule has 7 nitrogen and oxygen atoms in total. The topological polar surface area (TPSA) is 95.6 Å². The van der Waals surface area contributed by atoms with Gasteiger partial charge in [-0.25, -0.2) is 8.42 Å². The molecule has 1 saturated heterocycles. The van der Waals surface area contributed by atoms with E-state index in [0.717, 1.165) is 4.31 Å². The fourth-order valence-electron chi connectivity index (χ4n) is 2.14. The first-order valence-electron chi connectivity index (χ1n) is 6.56. The molecule has 0 aromatic heterocycles. The molecule has 0 aliphatic carbocycles. The number of piperazine rings is 1. The van der Waals surface area contributed by atoms with E-state index in [1.807, 2.05) is 6.92 Å². The van der Waals surface area contributed by atoms with E-state index in [1.165, 1.54) is 13.0 Å². The van der Waals surface area contributed by atoms with Crippen LogP contribution < -0.4 is 10.6 Å². The van der Waals surface area contributed by atoms with Crippen LogP contribution in [0.3, 0.4) is 0 Å². The van der Waals surface area contributed by atoms with Crippen LogP contribution in [0.4, 0.5) is 5.69 Å². The summed E-state index contributed by atoms with van der Waals surface area (Å²) in [5, 5.41) is 5.09. The Morgan fingerprint density at radius 1 is 1.33 bits per heavy atom. The van der Waals surface area contributed by atoms with E-state index in [2.05, 4.69) is 10.6 Å². The van der Waals surface area contributed by atoms with Crippen LogP contribution >= 0.6 is 0 Å². The Balaban J connectivity index is 2.46. The van der Waals surface area contributed by atoms with Gasteiger partial charge >= 0.3 is 0 Å². The molecule has 1 aromatic carbocycles. The molecule has 0 radical (unpaired) electrons. The van der Waals surface area contributed by atoms with E-state index in [-0.39, 0.29) is 11.4 Å². The first-order chi connectivity index (χ1) is 9.87. The minimum Gasteiger partial charge on any atom is -0.384 e. The molecule has 1 aliphatic rings. The van der Waals surface area contributed by atoms with Gasteiger partial charge in [0, 0.05) is 6.54 Å². The molecule has 1 atom stereocenters. The molecule has 0 spiro atoms. The monoisotopic (exact) mass is 311 g/mol. The third kappa shape index (κ3) is 2.91. The molecule has 8 heteroatoms. The lowest BCUT2D eigenvalue weighted by atomic mass is 10.2. The van der Waals surface area contributed by atoms with Gasteiger partial charge in [0.1, 0.15) is 10.9 Å². The van der Waals surface area contributed by atoms with Crippen LogP contribution in [-0.4, -0.2) is 43.7 Å². The molecule has 0 saturated carbocycles. The number of anilines is 1. The van der Waals surface area contributed by atoms with E-state index in [0.29, 0.717) is 12.2 Å². The van der Waals surface area contributed by atoms with Crippen molar-refractivity contribution in [3.8, 4) is 0 Å². The Morgan fingerprint density at radius 3 is 2.67 bits per heavy atom. The zero-order valence-corrected chi connectivity index (χ0v) is 12.6. The maximum atomic E-state index is 12.7. The molecule has 1 heterocycles. The minimum absolute atomic E-state index is 0.0567. The van der Waals surface area contributed by atoms with Gasteiger partial charge in [0.05, 0.1) is 12.2 Å². The lowest BCUT2D eigenvalue weighted by molar-refractivity contribution is -0.136. The van der Waals surface area contributed by atoms with Gasteiger partial charge in [0.15, 0.2) is 0 Å². The molecule has 1 fully saturated rings. The number of benzene rings is 1. The number of sulfonamides is 1. The number of hydrogen-bond donors (Lipinski definition) is 2. The molecule has 21 heavy (non-hydrogen) atoms. The van der Waals surface area contributed by atoms with Gasteiger partial charge in [-0.05, 0) is 26.0 Å². The smallest absolute Gasteiger partial charge is 0.246 e. The normalized spacial score (nSPS) is 20.2. The average molecular weight is 311 g/mol. The Labute approximate surface area is 123 Å². The molecular formula is C13H17N3O4S. The van der Waals surface area contributed by atoms with Gasteiger partial charge < -0.3 is 5.32 Å². The highest BCUT2D eigenvalue weighted by atomic mass is 32.2. The zero-order chi connectivity index (χ0) is 15.6. The first kappa shape index (κ1) is 15.5. The van der Waals surface area contributed by atoms with Crippen LogP contribution in [0.2, 0.25) is 0 Å².